The van der Waals surface area contributed by atoms with Crippen LogP contribution in [0.5, 0.6) is 0 Å². The zero-order valence-corrected chi connectivity index (χ0v) is 11.5. The van der Waals surface area contributed by atoms with Crippen molar-refractivity contribution >= 4 is 20.0 Å². The standard InChI is InChI=1S/C7HF8NO5S2/c8-1-2(9)4(11)6(5(12)3(1)10)22(18,19)16(17)23(20,21)7(13,14)15/h17H. The number of alkyl halides is 3. The molecular weight excluding hydrogens is 394 g/mol. The van der Waals surface area contributed by atoms with Gasteiger partial charge in [0, 0.05) is 3.87 Å². The first kappa shape index (κ1) is 19.5. The molecule has 0 radical (unpaired) electrons. The molecule has 1 aromatic carbocycles. The number of hydrogen-bond acceptors (Lipinski definition) is 5. The molecule has 0 aliphatic rings. The van der Waals surface area contributed by atoms with Gasteiger partial charge in [0.25, 0.3) is 10.0 Å². The summed E-state index contributed by atoms with van der Waals surface area (Å²) in [7, 11) is -13.8. The molecule has 16 heteroatoms. The molecule has 0 amide bonds. The highest BCUT2D eigenvalue weighted by Gasteiger charge is 2.56. The minimum absolute atomic E-state index is 2.54. The molecule has 132 valence electrons. The number of sulfonamides is 2. The van der Waals surface area contributed by atoms with Crippen LogP contribution in [0.2, 0.25) is 0 Å². The first-order chi connectivity index (χ1) is 10.1. The summed E-state index contributed by atoms with van der Waals surface area (Å²) in [6, 6.07) is 0. The Labute approximate surface area is 121 Å². The van der Waals surface area contributed by atoms with E-state index < -0.39 is 63.4 Å². The summed E-state index contributed by atoms with van der Waals surface area (Å²) in [6.07, 6.45) is 0. The molecule has 0 aromatic heterocycles. The van der Waals surface area contributed by atoms with E-state index in [2.05, 4.69) is 0 Å². The van der Waals surface area contributed by atoms with Gasteiger partial charge in [-0.15, -0.1) is 0 Å². The lowest BCUT2D eigenvalue weighted by atomic mass is 10.3. The van der Waals surface area contributed by atoms with E-state index in [4.69, 9.17) is 5.21 Å². The minimum Gasteiger partial charge on any atom is -0.285 e. The van der Waals surface area contributed by atoms with Gasteiger partial charge in [0.1, 0.15) is 0 Å². The predicted molar refractivity (Wildman–Crippen MR) is 52.0 cm³/mol. The van der Waals surface area contributed by atoms with Crippen LogP contribution in [-0.4, -0.2) is 31.4 Å². The van der Waals surface area contributed by atoms with Crippen molar-refractivity contribution in [2.75, 3.05) is 0 Å². The van der Waals surface area contributed by atoms with Gasteiger partial charge in [0.2, 0.25) is 5.82 Å². The molecule has 0 saturated heterocycles. The molecule has 0 fully saturated rings. The van der Waals surface area contributed by atoms with Crippen molar-refractivity contribution in [3.8, 4) is 0 Å². The summed E-state index contributed by atoms with van der Waals surface area (Å²) < 4.78 is 143. The van der Waals surface area contributed by atoms with Gasteiger partial charge in [-0.2, -0.15) is 21.6 Å². The van der Waals surface area contributed by atoms with Crippen molar-refractivity contribution in [3.63, 3.8) is 0 Å². The Morgan fingerprint density at radius 3 is 1.35 bits per heavy atom. The van der Waals surface area contributed by atoms with Crippen molar-refractivity contribution in [1.82, 2.24) is 3.87 Å². The summed E-state index contributed by atoms with van der Waals surface area (Å²) in [6.45, 7) is 0. The summed E-state index contributed by atoms with van der Waals surface area (Å²) in [5.74, 6) is -15.0. The van der Waals surface area contributed by atoms with Gasteiger partial charge in [0.05, 0.1) is 0 Å². The molecule has 0 unspecified atom stereocenters. The normalized spacial score (nSPS) is 13.7. The van der Waals surface area contributed by atoms with Gasteiger partial charge < -0.3 is 0 Å². The van der Waals surface area contributed by atoms with Crippen LogP contribution in [0.4, 0.5) is 35.1 Å². The van der Waals surface area contributed by atoms with Crippen LogP contribution in [0.25, 0.3) is 0 Å². The highest BCUT2D eigenvalue weighted by molar-refractivity contribution is 8.04. The Morgan fingerprint density at radius 1 is 0.739 bits per heavy atom. The molecule has 6 nitrogen and oxygen atoms in total. The van der Waals surface area contributed by atoms with Gasteiger partial charge in [-0.25, -0.2) is 30.4 Å². The van der Waals surface area contributed by atoms with Crippen molar-refractivity contribution in [2.45, 2.75) is 10.4 Å². The van der Waals surface area contributed by atoms with E-state index in [1.54, 1.807) is 0 Å². The highest BCUT2D eigenvalue weighted by atomic mass is 32.3. The molecular formula is C7HF8NO5S2. The van der Waals surface area contributed by atoms with Crippen LogP contribution in [0.1, 0.15) is 0 Å². The zero-order valence-electron chi connectivity index (χ0n) is 9.87. The summed E-state index contributed by atoms with van der Waals surface area (Å²) >= 11 is 0. The molecule has 23 heavy (non-hydrogen) atoms. The molecule has 0 aliphatic carbocycles. The first-order valence-corrected chi connectivity index (χ1v) is 7.53. The summed E-state index contributed by atoms with van der Waals surface area (Å²) in [5.41, 5.74) is -6.46. The lowest BCUT2D eigenvalue weighted by molar-refractivity contribution is -0.0580. The fraction of sp³-hybridized carbons (Fsp3) is 0.143. The summed E-state index contributed by atoms with van der Waals surface area (Å²) in [5, 5.41) is 8.66. The third-order valence-corrected chi connectivity index (χ3v) is 5.59. The molecule has 1 rings (SSSR count). The SMILES string of the molecule is O=S(=O)(c1c(F)c(F)c(F)c(F)c1F)N(O)S(=O)(=O)C(F)(F)F. The second-order valence-electron chi connectivity index (χ2n) is 3.53. The Morgan fingerprint density at radius 2 is 1.04 bits per heavy atom. The molecule has 0 aliphatic heterocycles. The second kappa shape index (κ2) is 5.53. The minimum atomic E-state index is -7.12. The molecule has 0 saturated carbocycles. The van der Waals surface area contributed by atoms with Crippen LogP contribution < -0.4 is 0 Å². The molecule has 1 N–H and O–H groups in total. The summed E-state index contributed by atoms with van der Waals surface area (Å²) in [4.78, 5) is -2.98. The van der Waals surface area contributed by atoms with E-state index in [9.17, 15) is 52.0 Å². The van der Waals surface area contributed by atoms with E-state index in [0.717, 1.165) is 0 Å². The van der Waals surface area contributed by atoms with Gasteiger partial charge >= 0.3 is 15.5 Å². The topological polar surface area (TPSA) is 91.8 Å². The van der Waals surface area contributed by atoms with E-state index in [1.165, 1.54) is 0 Å². The van der Waals surface area contributed by atoms with Crippen LogP contribution in [-0.2, 0) is 20.0 Å². The lowest BCUT2D eigenvalue weighted by Gasteiger charge is -2.17. The molecule has 0 bridgehead atoms. The Balaban J connectivity index is 3.79. The van der Waals surface area contributed by atoms with Crippen molar-refractivity contribution in [1.29, 1.82) is 0 Å². The third kappa shape index (κ3) is 2.86. The maximum atomic E-state index is 13.2. The van der Waals surface area contributed by atoms with Crippen molar-refractivity contribution < 1.29 is 57.2 Å². The first-order valence-electron chi connectivity index (χ1n) is 4.65. The number of rotatable bonds is 3. The van der Waals surface area contributed by atoms with E-state index in [-0.39, 0.29) is 0 Å². The zero-order chi connectivity index (χ0) is 18.5. The van der Waals surface area contributed by atoms with Crippen molar-refractivity contribution in [3.05, 3.63) is 29.1 Å². The molecule has 0 atom stereocenters. The molecule has 0 heterocycles. The highest BCUT2D eigenvalue weighted by Crippen LogP contribution is 2.33. The van der Waals surface area contributed by atoms with E-state index in [1.807, 2.05) is 0 Å². The number of hydrogen-bond donors (Lipinski definition) is 1. The smallest absolute Gasteiger partial charge is 0.285 e. The van der Waals surface area contributed by atoms with Crippen LogP contribution >= 0.6 is 0 Å². The number of halogens is 8. The second-order valence-corrected chi connectivity index (χ2v) is 7.23. The van der Waals surface area contributed by atoms with Crippen LogP contribution in [0.3, 0.4) is 0 Å². The average molecular weight is 395 g/mol. The maximum Gasteiger partial charge on any atom is 0.514 e. The quantitative estimate of drug-likeness (QED) is 0.364. The van der Waals surface area contributed by atoms with Crippen molar-refractivity contribution in [2.24, 2.45) is 0 Å². The fourth-order valence-electron chi connectivity index (χ4n) is 1.11. The number of nitrogens with zero attached hydrogens (tertiary/aromatic N) is 1. The molecule has 0 spiro atoms. The Bertz CT molecular complexity index is 833. The third-order valence-electron chi connectivity index (χ3n) is 2.13. The van der Waals surface area contributed by atoms with Crippen LogP contribution in [0, 0.1) is 29.1 Å². The lowest BCUT2D eigenvalue weighted by Crippen LogP contribution is -2.42. The van der Waals surface area contributed by atoms with E-state index >= 15 is 0 Å². The van der Waals surface area contributed by atoms with Crippen LogP contribution in [0.15, 0.2) is 4.90 Å². The number of benzene rings is 1. The van der Waals surface area contributed by atoms with E-state index in [0.29, 0.717) is 0 Å². The fourth-order valence-corrected chi connectivity index (χ4v) is 3.58. The average Bonchev–Trinajstić information content (AvgIpc) is 2.40. The molecule has 1 aromatic rings. The monoisotopic (exact) mass is 395 g/mol. The van der Waals surface area contributed by atoms with Gasteiger partial charge in [0.15, 0.2) is 28.2 Å². The Hall–Kier alpha value is -1.52. The van der Waals surface area contributed by atoms with Gasteiger partial charge in [-0.3, -0.25) is 5.21 Å². The predicted octanol–water partition coefficient (Wildman–Crippen LogP) is 1.61. The van der Waals surface area contributed by atoms with Gasteiger partial charge in [-0.05, 0) is 0 Å². The Kier molecular flexibility index (Phi) is 4.70. The largest absolute Gasteiger partial charge is 0.514 e. The van der Waals surface area contributed by atoms with Gasteiger partial charge in [-0.1, -0.05) is 0 Å². The maximum absolute atomic E-state index is 13.2.